The van der Waals surface area contributed by atoms with Crippen molar-refractivity contribution < 1.29 is 13.9 Å². The molecule has 0 spiro atoms. The maximum atomic E-state index is 13.1. The Balaban J connectivity index is 2.72. The van der Waals surface area contributed by atoms with Gasteiger partial charge in [0.25, 0.3) is 0 Å². The van der Waals surface area contributed by atoms with Crippen molar-refractivity contribution in [2.75, 3.05) is 0 Å². The van der Waals surface area contributed by atoms with Crippen molar-refractivity contribution in [2.45, 2.75) is 52.2 Å². The first-order valence-corrected chi connectivity index (χ1v) is 7.23. The number of amides is 1. The van der Waals surface area contributed by atoms with Crippen LogP contribution in [0.25, 0.3) is 0 Å². The van der Waals surface area contributed by atoms with Crippen LogP contribution in [0.3, 0.4) is 0 Å². The Morgan fingerprint density at radius 1 is 1.30 bits per heavy atom. The highest BCUT2D eigenvalue weighted by Gasteiger charge is 2.25. The zero-order chi connectivity index (χ0) is 15.6. The number of benzene rings is 1. The summed E-state index contributed by atoms with van der Waals surface area (Å²) in [6.45, 7) is 9.24. The molecule has 1 aromatic rings. The van der Waals surface area contributed by atoms with Crippen molar-refractivity contribution >= 4 is 22.0 Å². The minimum Gasteiger partial charge on any atom is -0.444 e. The maximum Gasteiger partial charge on any atom is 0.408 e. The van der Waals surface area contributed by atoms with E-state index in [0.717, 1.165) is 5.56 Å². The van der Waals surface area contributed by atoms with E-state index < -0.39 is 17.2 Å². The summed E-state index contributed by atoms with van der Waals surface area (Å²) in [5, 5.41) is 2.83. The van der Waals surface area contributed by atoms with Gasteiger partial charge in [-0.05, 0) is 58.7 Å². The van der Waals surface area contributed by atoms with Gasteiger partial charge in [0.05, 0.1) is 0 Å². The third-order valence-electron chi connectivity index (χ3n) is 2.49. The first-order chi connectivity index (χ1) is 8.98. The summed E-state index contributed by atoms with van der Waals surface area (Å²) in [5.74, 6) is -0.293. The Kier molecular flexibility index (Phi) is 5.19. The summed E-state index contributed by atoms with van der Waals surface area (Å²) in [5.41, 5.74) is -0.105. The zero-order valence-corrected chi connectivity index (χ0v) is 14.1. The molecule has 0 aliphatic carbocycles. The van der Waals surface area contributed by atoms with Crippen LogP contribution in [0.4, 0.5) is 9.18 Å². The van der Waals surface area contributed by atoms with E-state index in [2.05, 4.69) is 21.2 Å². The van der Waals surface area contributed by atoms with Gasteiger partial charge in [-0.1, -0.05) is 22.0 Å². The molecule has 1 amide bonds. The van der Waals surface area contributed by atoms with Crippen molar-refractivity contribution in [3.63, 3.8) is 0 Å². The van der Waals surface area contributed by atoms with Gasteiger partial charge >= 0.3 is 6.09 Å². The molecule has 5 heteroatoms. The number of carbonyl (C=O) groups excluding carboxylic acids is 1. The predicted octanol–water partition coefficient (Wildman–Crippen LogP) is 4.43. The molecule has 1 aromatic carbocycles. The van der Waals surface area contributed by atoms with E-state index in [4.69, 9.17) is 4.74 Å². The fourth-order valence-electron chi connectivity index (χ4n) is 1.77. The quantitative estimate of drug-likeness (QED) is 0.879. The molecule has 3 nitrogen and oxygen atoms in total. The number of carbonyl (C=O) groups is 1. The molecule has 0 atom stereocenters. The molecule has 0 bridgehead atoms. The zero-order valence-electron chi connectivity index (χ0n) is 12.5. The Morgan fingerprint density at radius 2 is 1.90 bits per heavy atom. The Hall–Kier alpha value is -1.10. The average molecular weight is 346 g/mol. The van der Waals surface area contributed by atoms with E-state index in [1.54, 1.807) is 6.07 Å². The standard InChI is InChI=1S/C15H21BrFNO2/c1-14(2,3)20-13(19)18-15(4,5)9-10-6-7-11(17)8-12(10)16/h6-8H,9H2,1-5H3,(H,18,19). The van der Waals surface area contributed by atoms with Crippen LogP contribution in [0, 0.1) is 5.82 Å². The average Bonchev–Trinajstić information content (AvgIpc) is 2.18. The topological polar surface area (TPSA) is 38.3 Å². The summed E-state index contributed by atoms with van der Waals surface area (Å²) in [6, 6.07) is 4.53. The molecule has 0 aliphatic rings. The second kappa shape index (κ2) is 6.12. The highest BCUT2D eigenvalue weighted by molar-refractivity contribution is 9.10. The van der Waals surface area contributed by atoms with E-state index in [1.807, 2.05) is 34.6 Å². The van der Waals surface area contributed by atoms with Gasteiger partial charge in [-0.25, -0.2) is 9.18 Å². The van der Waals surface area contributed by atoms with Gasteiger partial charge in [-0.3, -0.25) is 0 Å². The van der Waals surface area contributed by atoms with Crippen LogP contribution in [-0.4, -0.2) is 17.2 Å². The largest absolute Gasteiger partial charge is 0.444 e. The Morgan fingerprint density at radius 3 is 2.40 bits per heavy atom. The third-order valence-corrected chi connectivity index (χ3v) is 3.23. The van der Waals surface area contributed by atoms with Crippen LogP contribution >= 0.6 is 15.9 Å². The Bertz CT molecular complexity index is 495. The molecule has 0 aromatic heterocycles. The van der Waals surface area contributed by atoms with Crippen LogP contribution in [-0.2, 0) is 11.2 Å². The number of hydrogen-bond acceptors (Lipinski definition) is 2. The van der Waals surface area contributed by atoms with Crippen molar-refractivity contribution in [1.82, 2.24) is 5.32 Å². The van der Waals surface area contributed by atoms with Crippen LogP contribution in [0.1, 0.15) is 40.2 Å². The van der Waals surface area contributed by atoms with Crippen LogP contribution < -0.4 is 5.32 Å². The highest BCUT2D eigenvalue weighted by atomic mass is 79.9. The molecule has 112 valence electrons. The van der Waals surface area contributed by atoms with E-state index in [1.165, 1.54) is 12.1 Å². The smallest absolute Gasteiger partial charge is 0.408 e. The lowest BCUT2D eigenvalue weighted by atomic mass is 9.95. The van der Waals surface area contributed by atoms with Gasteiger partial charge in [-0.2, -0.15) is 0 Å². The van der Waals surface area contributed by atoms with Crippen LogP contribution in [0.15, 0.2) is 22.7 Å². The monoisotopic (exact) mass is 345 g/mol. The van der Waals surface area contributed by atoms with E-state index in [9.17, 15) is 9.18 Å². The third kappa shape index (κ3) is 5.90. The molecule has 0 fully saturated rings. The minimum absolute atomic E-state index is 0.293. The Labute approximate surface area is 128 Å². The summed E-state index contributed by atoms with van der Waals surface area (Å²) in [6.07, 6.45) is 0.105. The van der Waals surface area contributed by atoms with Crippen LogP contribution in [0.2, 0.25) is 0 Å². The number of nitrogens with one attached hydrogen (secondary N) is 1. The second-order valence-corrected chi connectivity index (χ2v) is 7.28. The van der Waals surface area contributed by atoms with E-state index >= 15 is 0 Å². The molecule has 0 unspecified atom stereocenters. The number of hydrogen-bond donors (Lipinski definition) is 1. The molecule has 0 radical (unpaired) electrons. The van der Waals surface area contributed by atoms with Gasteiger partial charge in [-0.15, -0.1) is 0 Å². The minimum atomic E-state index is -0.531. The number of rotatable bonds is 3. The SMILES string of the molecule is CC(C)(Cc1ccc(F)cc1Br)NC(=O)OC(C)(C)C. The molecule has 1 rings (SSSR count). The second-order valence-electron chi connectivity index (χ2n) is 6.42. The number of halogens is 2. The van der Waals surface area contributed by atoms with Crippen molar-refractivity contribution in [2.24, 2.45) is 0 Å². The normalized spacial score (nSPS) is 12.2. The van der Waals surface area contributed by atoms with Gasteiger partial charge in [0.2, 0.25) is 0 Å². The van der Waals surface area contributed by atoms with E-state index in [-0.39, 0.29) is 5.82 Å². The van der Waals surface area contributed by atoms with Crippen molar-refractivity contribution in [1.29, 1.82) is 0 Å². The van der Waals surface area contributed by atoms with Crippen molar-refractivity contribution in [3.8, 4) is 0 Å². The lowest BCUT2D eigenvalue weighted by Crippen LogP contribution is -2.47. The molecule has 20 heavy (non-hydrogen) atoms. The fourth-order valence-corrected chi connectivity index (χ4v) is 2.26. The van der Waals surface area contributed by atoms with Gasteiger partial charge in [0.15, 0.2) is 0 Å². The predicted molar refractivity (Wildman–Crippen MR) is 81.3 cm³/mol. The summed E-state index contributed by atoms with van der Waals surface area (Å²) in [4.78, 5) is 11.8. The molecule has 0 saturated heterocycles. The highest BCUT2D eigenvalue weighted by Crippen LogP contribution is 2.23. The molecule has 0 aliphatic heterocycles. The van der Waals surface area contributed by atoms with E-state index in [0.29, 0.717) is 10.9 Å². The number of ether oxygens (including phenoxy) is 1. The van der Waals surface area contributed by atoms with Crippen molar-refractivity contribution in [3.05, 3.63) is 34.1 Å². The lowest BCUT2D eigenvalue weighted by molar-refractivity contribution is 0.0472. The molecule has 0 heterocycles. The molecule has 1 N–H and O–H groups in total. The fraction of sp³-hybridized carbons (Fsp3) is 0.533. The number of alkyl carbamates (subject to hydrolysis) is 1. The van der Waals surface area contributed by atoms with Gasteiger partial charge < -0.3 is 10.1 Å². The van der Waals surface area contributed by atoms with Gasteiger partial charge in [0.1, 0.15) is 11.4 Å². The van der Waals surface area contributed by atoms with Gasteiger partial charge in [0, 0.05) is 10.0 Å². The molecule has 0 saturated carbocycles. The molecular weight excluding hydrogens is 325 g/mol. The first-order valence-electron chi connectivity index (χ1n) is 6.44. The molecular formula is C15H21BrFNO2. The van der Waals surface area contributed by atoms with Crippen LogP contribution in [0.5, 0.6) is 0 Å². The maximum absolute atomic E-state index is 13.1. The summed E-state index contributed by atoms with van der Waals surface area (Å²) >= 11 is 3.33. The first kappa shape index (κ1) is 17.0. The summed E-state index contributed by atoms with van der Waals surface area (Å²) in [7, 11) is 0. The lowest BCUT2D eigenvalue weighted by Gasteiger charge is -2.29. The summed E-state index contributed by atoms with van der Waals surface area (Å²) < 4.78 is 19.0.